The zero-order valence-electron chi connectivity index (χ0n) is 15.7. The Morgan fingerprint density at radius 2 is 2.00 bits per heavy atom. The predicted molar refractivity (Wildman–Crippen MR) is 102 cm³/mol. The molecule has 2 N–H and O–H groups in total. The molecule has 1 spiro atoms. The first kappa shape index (κ1) is 17.2. The van der Waals surface area contributed by atoms with Crippen LogP contribution >= 0.6 is 0 Å². The first-order chi connectivity index (χ1) is 13.5. The van der Waals surface area contributed by atoms with Gasteiger partial charge in [-0.25, -0.2) is 4.39 Å². The fourth-order valence-electron chi connectivity index (χ4n) is 4.04. The minimum atomic E-state index is -0.492. The number of para-hydroxylation sites is 1. The van der Waals surface area contributed by atoms with Gasteiger partial charge in [0.15, 0.2) is 5.82 Å². The number of nitrogens with zero attached hydrogens (tertiary/aromatic N) is 3. The first-order valence-corrected chi connectivity index (χ1v) is 9.70. The minimum absolute atomic E-state index is 0.0204. The summed E-state index contributed by atoms with van der Waals surface area (Å²) in [4.78, 5) is 17.5. The van der Waals surface area contributed by atoms with Crippen molar-refractivity contribution in [1.29, 1.82) is 0 Å². The Hall–Kier alpha value is -2.90. The van der Waals surface area contributed by atoms with E-state index in [1.54, 1.807) is 25.1 Å². The Morgan fingerprint density at radius 3 is 2.71 bits per heavy atom. The molecule has 0 unspecified atom stereocenters. The van der Waals surface area contributed by atoms with Crippen molar-refractivity contribution in [2.75, 3.05) is 18.4 Å². The van der Waals surface area contributed by atoms with Crippen LogP contribution in [0.1, 0.15) is 32.6 Å². The van der Waals surface area contributed by atoms with Gasteiger partial charge in [-0.05, 0) is 50.2 Å². The van der Waals surface area contributed by atoms with Gasteiger partial charge in [0, 0.05) is 24.0 Å². The lowest BCUT2D eigenvalue weighted by Gasteiger charge is -2.33. The number of H-pyrrole nitrogens is 1. The molecule has 2 aliphatic rings. The standard InChI is InChI=1S/C20H22FN5O2/c1-12(18(27)26-10-8-20(6-7-20)9-11-26)22-19-25-24-17(28-19)16-15(21)13-4-2-3-5-14(13)23-16/h2-5,12,23H,6-11H2,1H3,(H,22,25)/t12-/m0/s1. The maximum Gasteiger partial charge on any atom is 0.316 e. The molecule has 0 radical (unpaired) electrons. The second kappa shape index (κ2) is 6.32. The summed E-state index contributed by atoms with van der Waals surface area (Å²) in [7, 11) is 0. The number of carbonyl (C=O) groups is 1. The summed E-state index contributed by atoms with van der Waals surface area (Å²) in [6.45, 7) is 3.39. The Kier molecular flexibility index (Phi) is 3.89. The number of amides is 1. The number of hydrogen-bond acceptors (Lipinski definition) is 5. The second-order valence-corrected chi connectivity index (χ2v) is 7.96. The molecule has 0 bridgehead atoms. The van der Waals surface area contributed by atoms with Gasteiger partial charge in [0.05, 0.1) is 0 Å². The Morgan fingerprint density at radius 1 is 1.25 bits per heavy atom. The van der Waals surface area contributed by atoms with Crippen molar-refractivity contribution in [2.24, 2.45) is 5.41 Å². The van der Waals surface area contributed by atoms with E-state index in [4.69, 9.17) is 4.42 Å². The fraction of sp³-hybridized carbons (Fsp3) is 0.450. The van der Waals surface area contributed by atoms with E-state index in [-0.39, 0.29) is 23.5 Å². The molecule has 3 heterocycles. The Bertz CT molecular complexity index is 1030. The number of aromatic nitrogens is 3. The summed E-state index contributed by atoms with van der Waals surface area (Å²) in [6, 6.07) is 6.66. The number of likely N-dealkylation sites (tertiary alicyclic amines) is 1. The van der Waals surface area contributed by atoms with Crippen LogP contribution in [0.4, 0.5) is 10.4 Å². The zero-order chi connectivity index (χ0) is 19.3. The molecule has 1 saturated heterocycles. The van der Waals surface area contributed by atoms with Crippen LogP contribution in [0, 0.1) is 11.2 Å². The average molecular weight is 383 g/mol. The summed E-state index contributed by atoms with van der Waals surface area (Å²) in [5, 5.41) is 11.3. The van der Waals surface area contributed by atoms with E-state index >= 15 is 0 Å². The van der Waals surface area contributed by atoms with E-state index in [0.717, 1.165) is 25.9 Å². The maximum atomic E-state index is 14.6. The highest BCUT2D eigenvalue weighted by atomic mass is 19.1. The number of aromatic amines is 1. The molecule has 146 valence electrons. The SMILES string of the molecule is C[C@H](Nc1nnc(-c2[nH]c3ccccc3c2F)o1)C(=O)N1CCC2(CC1)CC2. The lowest BCUT2D eigenvalue weighted by atomic mass is 9.93. The van der Waals surface area contributed by atoms with Gasteiger partial charge in [0.2, 0.25) is 5.91 Å². The number of nitrogens with one attached hydrogen (secondary N) is 2. The van der Waals surface area contributed by atoms with Crippen molar-refractivity contribution >= 4 is 22.8 Å². The number of anilines is 1. The molecular formula is C20H22FN5O2. The largest absolute Gasteiger partial charge is 0.402 e. The number of hydrogen-bond donors (Lipinski definition) is 2. The average Bonchev–Trinajstić information content (AvgIpc) is 3.16. The van der Waals surface area contributed by atoms with Gasteiger partial charge in [-0.1, -0.05) is 17.2 Å². The molecule has 2 fully saturated rings. The normalized spacial score (nSPS) is 19.1. The lowest BCUT2D eigenvalue weighted by molar-refractivity contribution is -0.133. The van der Waals surface area contributed by atoms with E-state index in [9.17, 15) is 9.18 Å². The van der Waals surface area contributed by atoms with Gasteiger partial charge in [-0.15, -0.1) is 5.10 Å². The molecule has 1 atom stereocenters. The molecule has 2 aromatic heterocycles. The number of carbonyl (C=O) groups excluding carboxylic acids is 1. The van der Waals surface area contributed by atoms with Crippen molar-refractivity contribution in [2.45, 2.75) is 38.6 Å². The van der Waals surface area contributed by atoms with Crippen LogP contribution in [0.15, 0.2) is 28.7 Å². The molecule has 1 aliphatic heterocycles. The second-order valence-electron chi connectivity index (χ2n) is 7.96. The van der Waals surface area contributed by atoms with Crippen LogP contribution in [0.25, 0.3) is 22.5 Å². The van der Waals surface area contributed by atoms with E-state index < -0.39 is 11.9 Å². The number of rotatable bonds is 4. The van der Waals surface area contributed by atoms with E-state index in [0.29, 0.717) is 16.3 Å². The molecule has 1 aliphatic carbocycles. The minimum Gasteiger partial charge on any atom is -0.402 e. The van der Waals surface area contributed by atoms with Crippen LogP contribution in [-0.2, 0) is 4.79 Å². The molecule has 1 amide bonds. The van der Waals surface area contributed by atoms with Crippen molar-refractivity contribution in [3.63, 3.8) is 0 Å². The van der Waals surface area contributed by atoms with Gasteiger partial charge >= 0.3 is 6.01 Å². The molecule has 5 rings (SSSR count). The smallest absolute Gasteiger partial charge is 0.316 e. The number of halogens is 1. The van der Waals surface area contributed by atoms with Gasteiger partial charge in [-0.2, -0.15) is 0 Å². The molecular weight excluding hydrogens is 361 g/mol. The van der Waals surface area contributed by atoms with Gasteiger partial charge in [0.25, 0.3) is 5.89 Å². The van der Waals surface area contributed by atoms with Crippen molar-refractivity contribution in [1.82, 2.24) is 20.1 Å². The zero-order valence-corrected chi connectivity index (χ0v) is 15.7. The van der Waals surface area contributed by atoms with Crippen molar-refractivity contribution in [3.8, 4) is 11.6 Å². The maximum absolute atomic E-state index is 14.6. The molecule has 28 heavy (non-hydrogen) atoms. The van der Waals surface area contributed by atoms with E-state index in [1.165, 1.54) is 12.8 Å². The summed E-state index contributed by atoms with van der Waals surface area (Å²) in [6.07, 6.45) is 4.79. The molecule has 8 heteroatoms. The van der Waals surface area contributed by atoms with Gasteiger partial charge in [0.1, 0.15) is 11.7 Å². The molecule has 1 saturated carbocycles. The quantitative estimate of drug-likeness (QED) is 0.719. The number of benzene rings is 1. The van der Waals surface area contributed by atoms with Crippen LogP contribution in [0.5, 0.6) is 0 Å². The van der Waals surface area contributed by atoms with Gasteiger partial charge < -0.3 is 19.6 Å². The number of fused-ring (bicyclic) bond motifs is 1. The van der Waals surface area contributed by atoms with E-state index in [2.05, 4.69) is 20.5 Å². The summed E-state index contributed by atoms with van der Waals surface area (Å²) in [5.74, 6) is -0.367. The van der Waals surface area contributed by atoms with Crippen molar-refractivity contribution < 1.29 is 13.6 Å². The summed E-state index contributed by atoms with van der Waals surface area (Å²) < 4.78 is 20.1. The van der Waals surface area contributed by atoms with Crippen LogP contribution in [0.3, 0.4) is 0 Å². The number of piperidine rings is 1. The monoisotopic (exact) mass is 383 g/mol. The highest BCUT2D eigenvalue weighted by molar-refractivity contribution is 5.85. The first-order valence-electron chi connectivity index (χ1n) is 9.70. The Labute approximate surface area is 161 Å². The van der Waals surface area contributed by atoms with Gasteiger partial charge in [-0.3, -0.25) is 4.79 Å². The summed E-state index contributed by atoms with van der Waals surface area (Å²) >= 11 is 0. The Balaban J connectivity index is 1.28. The predicted octanol–water partition coefficient (Wildman–Crippen LogP) is 3.56. The molecule has 7 nitrogen and oxygen atoms in total. The highest BCUT2D eigenvalue weighted by Gasteiger charge is 2.45. The van der Waals surface area contributed by atoms with Crippen LogP contribution in [0.2, 0.25) is 0 Å². The fourth-order valence-corrected chi connectivity index (χ4v) is 4.04. The lowest BCUT2D eigenvalue weighted by Crippen LogP contribution is -2.45. The van der Waals surface area contributed by atoms with Crippen LogP contribution in [-0.4, -0.2) is 45.1 Å². The molecule has 3 aromatic rings. The highest BCUT2D eigenvalue weighted by Crippen LogP contribution is 2.53. The summed E-state index contributed by atoms with van der Waals surface area (Å²) in [5.41, 5.74) is 1.33. The molecule has 1 aromatic carbocycles. The van der Waals surface area contributed by atoms with Crippen LogP contribution < -0.4 is 5.32 Å². The third kappa shape index (κ3) is 2.93. The van der Waals surface area contributed by atoms with Crippen molar-refractivity contribution in [3.05, 3.63) is 30.1 Å². The third-order valence-electron chi connectivity index (χ3n) is 6.08. The topological polar surface area (TPSA) is 87.0 Å². The third-order valence-corrected chi connectivity index (χ3v) is 6.08. The van der Waals surface area contributed by atoms with E-state index in [1.807, 2.05) is 11.0 Å².